The van der Waals surface area contributed by atoms with Gasteiger partial charge < -0.3 is 28.8 Å². The summed E-state index contributed by atoms with van der Waals surface area (Å²) in [5, 5.41) is 21.2. The molecule has 7 heteroatoms. The van der Waals surface area contributed by atoms with Crippen molar-refractivity contribution in [3.05, 3.63) is 0 Å². The molecule has 0 amide bonds. The molecule has 0 saturated carbocycles. The molecule has 0 aromatic rings. The van der Waals surface area contributed by atoms with Gasteiger partial charge in [-0.05, 0) is 27.7 Å². The lowest BCUT2D eigenvalue weighted by Crippen LogP contribution is -2.52. The minimum Gasteiger partial charge on any atom is -0.361 e. The van der Waals surface area contributed by atoms with Gasteiger partial charge in [-0.3, -0.25) is 0 Å². The standard InChI is InChI=1S/C12H19O7/c1-10(2)15-5-6-7(17-10)8-12(16-6,9(13)14)19-11(3,4)18-8/h6-9,13H,5H2,1-4H3/t6-,7+,8-,9?,12?/m0/s1. The highest BCUT2D eigenvalue weighted by Crippen LogP contribution is 2.50. The Morgan fingerprint density at radius 1 is 1.11 bits per heavy atom. The molecule has 5 atom stereocenters. The summed E-state index contributed by atoms with van der Waals surface area (Å²) in [6.45, 7) is 7.14. The molecule has 3 aliphatic rings. The van der Waals surface area contributed by atoms with Crippen LogP contribution in [0.15, 0.2) is 0 Å². The third-order valence-electron chi connectivity index (χ3n) is 3.57. The van der Waals surface area contributed by atoms with E-state index in [4.69, 9.17) is 23.7 Å². The smallest absolute Gasteiger partial charge is 0.256 e. The van der Waals surface area contributed by atoms with Crippen molar-refractivity contribution in [1.29, 1.82) is 0 Å². The fourth-order valence-corrected chi connectivity index (χ4v) is 2.90. The molecule has 0 spiro atoms. The van der Waals surface area contributed by atoms with Gasteiger partial charge in [0.1, 0.15) is 18.3 Å². The Labute approximate surface area is 111 Å². The molecule has 2 unspecified atom stereocenters. The van der Waals surface area contributed by atoms with Crippen molar-refractivity contribution in [1.82, 2.24) is 0 Å². The topological polar surface area (TPSA) is 86.3 Å². The van der Waals surface area contributed by atoms with Crippen molar-refractivity contribution in [2.75, 3.05) is 6.61 Å². The fraction of sp³-hybridized carbons (Fsp3) is 1.00. The van der Waals surface area contributed by atoms with Crippen LogP contribution in [0.5, 0.6) is 0 Å². The molecular weight excluding hydrogens is 256 g/mol. The lowest BCUT2D eigenvalue weighted by atomic mass is 10.0. The Bertz CT molecular complexity index is 380. The van der Waals surface area contributed by atoms with Crippen LogP contribution in [0.3, 0.4) is 0 Å². The lowest BCUT2D eigenvalue weighted by molar-refractivity contribution is -0.361. The summed E-state index contributed by atoms with van der Waals surface area (Å²) in [5.74, 6) is -3.53. The van der Waals surface area contributed by atoms with Crippen molar-refractivity contribution < 1.29 is 33.9 Å². The molecule has 3 rings (SSSR count). The quantitative estimate of drug-likeness (QED) is 0.685. The molecule has 1 radical (unpaired) electrons. The maximum absolute atomic E-state index is 11.7. The first kappa shape index (κ1) is 13.7. The van der Waals surface area contributed by atoms with Gasteiger partial charge in [-0.2, -0.15) is 5.11 Å². The van der Waals surface area contributed by atoms with Crippen LogP contribution in [-0.4, -0.2) is 53.7 Å². The summed E-state index contributed by atoms with van der Waals surface area (Å²) in [5.41, 5.74) is 0. The van der Waals surface area contributed by atoms with Crippen molar-refractivity contribution in [2.45, 2.75) is 69.7 Å². The van der Waals surface area contributed by atoms with E-state index in [2.05, 4.69) is 0 Å². The number of hydrogen-bond acceptors (Lipinski definition) is 6. The van der Waals surface area contributed by atoms with Gasteiger partial charge in [0.2, 0.25) is 6.29 Å². The van der Waals surface area contributed by atoms with Gasteiger partial charge in [-0.25, -0.2) is 0 Å². The average Bonchev–Trinajstić information content (AvgIpc) is 2.67. The fourth-order valence-electron chi connectivity index (χ4n) is 2.90. The highest BCUT2D eigenvalue weighted by atomic mass is 16.9. The Kier molecular flexibility index (Phi) is 2.80. The molecular formula is C12H19O7. The van der Waals surface area contributed by atoms with E-state index < -0.39 is 42.0 Å². The van der Waals surface area contributed by atoms with E-state index in [0.717, 1.165) is 0 Å². The minimum atomic E-state index is -2.07. The Hall–Kier alpha value is -0.280. The van der Waals surface area contributed by atoms with Crippen LogP contribution in [-0.2, 0) is 28.8 Å². The zero-order chi connectivity index (χ0) is 14.1. The molecule has 7 nitrogen and oxygen atoms in total. The van der Waals surface area contributed by atoms with Crippen LogP contribution in [0.4, 0.5) is 0 Å². The summed E-state index contributed by atoms with van der Waals surface area (Å²) in [4.78, 5) is 0. The predicted molar refractivity (Wildman–Crippen MR) is 59.2 cm³/mol. The second kappa shape index (κ2) is 3.88. The van der Waals surface area contributed by atoms with Gasteiger partial charge in [0.15, 0.2) is 11.6 Å². The van der Waals surface area contributed by atoms with E-state index in [1.54, 1.807) is 27.7 Å². The molecule has 0 aromatic heterocycles. The van der Waals surface area contributed by atoms with Gasteiger partial charge in [0, 0.05) is 0 Å². The van der Waals surface area contributed by atoms with Gasteiger partial charge in [-0.1, -0.05) is 0 Å². The number of fused-ring (bicyclic) bond motifs is 3. The summed E-state index contributed by atoms with van der Waals surface area (Å²) >= 11 is 0. The second-order valence-corrected chi connectivity index (χ2v) is 6.06. The molecule has 3 saturated heterocycles. The number of aliphatic hydroxyl groups excluding tert-OH is 1. The molecule has 3 heterocycles. The van der Waals surface area contributed by atoms with Crippen molar-refractivity contribution >= 4 is 0 Å². The van der Waals surface area contributed by atoms with Crippen molar-refractivity contribution in [3.8, 4) is 0 Å². The number of aliphatic hydroxyl groups is 1. The number of rotatable bonds is 1. The van der Waals surface area contributed by atoms with Gasteiger partial charge in [0.05, 0.1) is 6.61 Å². The molecule has 3 fully saturated rings. The summed E-state index contributed by atoms with van der Waals surface area (Å²) in [6, 6.07) is 0. The van der Waals surface area contributed by atoms with Crippen LogP contribution < -0.4 is 0 Å². The first-order chi connectivity index (χ1) is 8.65. The normalized spacial score (nSPS) is 47.2. The average molecular weight is 275 g/mol. The van der Waals surface area contributed by atoms with Crippen LogP contribution in [0.2, 0.25) is 0 Å². The second-order valence-electron chi connectivity index (χ2n) is 6.06. The van der Waals surface area contributed by atoms with Gasteiger partial charge in [0.25, 0.3) is 5.79 Å². The van der Waals surface area contributed by atoms with Gasteiger partial charge >= 0.3 is 0 Å². The van der Waals surface area contributed by atoms with Crippen LogP contribution in [0, 0.1) is 0 Å². The van der Waals surface area contributed by atoms with E-state index in [9.17, 15) is 10.2 Å². The predicted octanol–water partition coefficient (Wildman–Crippen LogP) is 0.133. The Morgan fingerprint density at radius 3 is 2.42 bits per heavy atom. The van der Waals surface area contributed by atoms with Crippen molar-refractivity contribution in [2.24, 2.45) is 0 Å². The van der Waals surface area contributed by atoms with E-state index >= 15 is 0 Å². The lowest BCUT2D eigenvalue weighted by Gasteiger charge is -2.38. The first-order valence-electron chi connectivity index (χ1n) is 6.37. The zero-order valence-corrected chi connectivity index (χ0v) is 11.4. The van der Waals surface area contributed by atoms with Crippen LogP contribution >= 0.6 is 0 Å². The van der Waals surface area contributed by atoms with E-state index in [-0.39, 0.29) is 6.61 Å². The van der Waals surface area contributed by atoms with E-state index in [1.807, 2.05) is 0 Å². The van der Waals surface area contributed by atoms with E-state index in [1.165, 1.54) is 0 Å². The Balaban J connectivity index is 1.92. The SMILES string of the molecule is CC1(C)OC[C@@H]2OC3(C([O])O)OC(C)(C)O[C@H]3[C@@H]2O1. The molecule has 109 valence electrons. The molecule has 19 heavy (non-hydrogen) atoms. The maximum atomic E-state index is 11.7. The first-order valence-corrected chi connectivity index (χ1v) is 6.37. The molecule has 0 aliphatic carbocycles. The Morgan fingerprint density at radius 2 is 1.79 bits per heavy atom. The molecule has 1 N–H and O–H groups in total. The monoisotopic (exact) mass is 275 g/mol. The summed E-state index contributed by atoms with van der Waals surface area (Å²) < 4.78 is 28.1. The summed E-state index contributed by atoms with van der Waals surface area (Å²) in [6.07, 6.45) is -3.84. The minimum absolute atomic E-state index is 0.260. The van der Waals surface area contributed by atoms with E-state index in [0.29, 0.717) is 0 Å². The van der Waals surface area contributed by atoms with Crippen LogP contribution in [0.25, 0.3) is 0 Å². The third kappa shape index (κ3) is 2.01. The number of hydrogen-bond donors (Lipinski definition) is 1. The molecule has 0 aromatic carbocycles. The molecule has 3 aliphatic heterocycles. The van der Waals surface area contributed by atoms with Crippen molar-refractivity contribution in [3.63, 3.8) is 0 Å². The van der Waals surface area contributed by atoms with Crippen LogP contribution in [0.1, 0.15) is 27.7 Å². The maximum Gasteiger partial charge on any atom is 0.256 e. The zero-order valence-electron chi connectivity index (χ0n) is 11.4. The third-order valence-corrected chi connectivity index (χ3v) is 3.57. The van der Waals surface area contributed by atoms with Gasteiger partial charge in [-0.15, -0.1) is 0 Å². The summed E-state index contributed by atoms with van der Waals surface area (Å²) in [7, 11) is 0. The molecule has 0 bridgehead atoms. The highest BCUT2D eigenvalue weighted by Gasteiger charge is 2.70. The number of ether oxygens (including phenoxy) is 5. The highest BCUT2D eigenvalue weighted by molar-refractivity contribution is 5.05. The largest absolute Gasteiger partial charge is 0.361 e.